The zero-order chi connectivity index (χ0) is 22.0. The number of anilines is 1. The minimum Gasteiger partial charge on any atom is -0.355 e. The van der Waals surface area contributed by atoms with Crippen molar-refractivity contribution in [1.29, 1.82) is 0 Å². The number of aryl methyl sites for hydroxylation is 1. The molecule has 0 bridgehead atoms. The van der Waals surface area contributed by atoms with Gasteiger partial charge in [-0.2, -0.15) is 0 Å². The molecule has 1 amide bonds. The number of rotatable bonds is 6. The van der Waals surface area contributed by atoms with Crippen LogP contribution in [0, 0.1) is 6.92 Å². The largest absolute Gasteiger partial charge is 0.355 e. The lowest BCUT2D eigenvalue weighted by Gasteiger charge is -2.34. The number of benzene rings is 1. The second kappa shape index (κ2) is 10.5. The molecule has 10 heteroatoms. The van der Waals surface area contributed by atoms with Crippen molar-refractivity contribution >= 4 is 46.9 Å². The molecule has 8 nitrogen and oxygen atoms in total. The van der Waals surface area contributed by atoms with E-state index in [1.165, 1.54) is 6.92 Å². The quantitative estimate of drug-likeness (QED) is 0.587. The molecule has 0 spiro atoms. The van der Waals surface area contributed by atoms with E-state index in [4.69, 9.17) is 26.6 Å². The summed E-state index contributed by atoms with van der Waals surface area (Å²) >= 11 is 6.52. The minimum atomic E-state index is -0.0657. The van der Waals surface area contributed by atoms with Crippen LogP contribution in [0.3, 0.4) is 0 Å². The highest BCUT2D eigenvalue weighted by Crippen LogP contribution is 2.32. The Hall–Kier alpha value is -2.42. The van der Waals surface area contributed by atoms with Gasteiger partial charge in [0.2, 0.25) is 5.91 Å². The van der Waals surface area contributed by atoms with E-state index in [1.807, 2.05) is 35.8 Å². The van der Waals surface area contributed by atoms with Crippen LogP contribution in [0.4, 0.5) is 5.82 Å². The summed E-state index contributed by atoms with van der Waals surface area (Å²) in [5.74, 6) is 2.24. The molecular weight excluding hydrogens is 449 g/mol. The number of hydrogen-bond donors (Lipinski definition) is 1. The predicted octanol–water partition coefficient (Wildman–Crippen LogP) is 3.15. The summed E-state index contributed by atoms with van der Waals surface area (Å²) in [6.07, 6.45) is 0. The summed E-state index contributed by atoms with van der Waals surface area (Å²) in [6, 6.07) is 7.66. The van der Waals surface area contributed by atoms with Gasteiger partial charge < -0.3 is 19.7 Å². The van der Waals surface area contributed by atoms with Crippen molar-refractivity contribution in [2.24, 2.45) is 0 Å². The standard InChI is InChI=1S/C22H28ClN7O.ClH/c1-4-28-11-13-29(14-12-28)21-19-22(26-15(2)25-21)30(10-9-24-16(3)31)20(27-19)17-7-5-6-8-18(17)23;/h5-8H,4,9-14H2,1-3H3,(H,24,31);1H. The molecule has 1 aliphatic rings. The van der Waals surface area contributed by atoms with Crippen molar-refractivity contribution < 1.29 is 4.79 Å². The van der Waals surface area contributed by atoms with Crippen LogP contribution in [0.1, 0.15) is 19.7 Å². The van der Waals surface area contributed by atoms with Crippen LogP contribution in [0.15, 0.2) is 24.3 Å². The second-order valence-corrected chi connectivity index (χ2v) is 8.15. The fraction of sp³-hybridized carbons (Fsp3) is 0.455. The Balaban J connectivity index is 0.00000289. The van der Waals surface area contributed by atoms with Crippen molar-refractivity contribution in [3.63, 3.8) is 0 Å². The number of carbonyl (C=O) groups excluding carboxylic acids is 1. The molecule has 3 aromatic rings. The summed E-state index contributed by atoms with van der Waals surface area (Å²) in [4.78, 5) is 30.6. The fourth-order valence-corrected chi connectivity index (χ4v) is 4.21. The predicted molar refractivity (Wildman–Crippen MR) is 131 cm³/mol. The minimum absolute atomic E-state index is 0. The van der Waals surface area contributed by atoms with Crippen LogP contribution in [-0.4, -0.2) is 69.6 Å². The number of imidazole rings is 1. The summed E-state index contributed by atoms with van der Waals surface area (Å²) in [5, 5.41) is 3.49. The number of piperazine rings is 1. The fourth-order valence-electron chi connectivity index (χ4n) is 3.99. The first-order valence-electron chi connectivity index (χ1n) is 10.7. The molecule has 4 rings (SSSR count). The van der Waals surface area contributed by atoms with Crippen molar-refractivity contribution in [1.82, 2.24) is 29.7 Å². The molecule has 3 heterocycles. The third kappa shape index (κ3) is 4.98. The van der Waals surface area contributed by atoms with Crippen LogP contribution in [0.2, 0.25) is 5.02 Å². The van der Waals surface area contributed by atoms with Gasteiger partial charge in [-0.15, -0.1) is 12.4 Å². The van der Waals surface area contributed by atoms with Crippen LogP contribution < -0.4 is 10.2 Å². The number of likely N-dealkylation sites (N-methyl/N-ethyl adjacent to an activating group) is 1. The lowest BCUT2D eigenvalue weighted by atomic mass is 10.2. The third-order valence-electron chi connectivity index (χ3n) is 5.63. The number of aromatic nitrogens is 4. The molecular formula is C22H29Cl2N7O. The van der Waals surface area contributed by atoms with E-state index in [0.717, 1.165) is 61.1 Å². The SMILES string of the molecule is CCN1CCN(c2nc(C)nc3c2nc(-c2ccccc2Cl)n3CCNC(C)=O)CC1.Cl. The maximum absolute atomic E-state index is 11.4. The van der Waals surface area contributed by atoms with Gasteiger partial charge in [0.15, 0.2) is 17.0 Å². The number of fused-ring (bicyclic) bond motifs is 1. The van der Waals surface area contributed by atoms with Gasteiger partial charge in [0, 0.05) is 51.8 Å². The molecule has 1 aromatic carbocycles. The monoisotopic (exact) mass is 477 g/mol. The maximum Gasteiger partial charge on any atom is 0.216 e. The van der Waals surface area contributed by atoms with E-state index in [2.05, 4.69) is 22.0 Å². The Morgan fingerprint density at radius 2 is 1.84 bits per heavy atom. The highest BCUT2D eigenvalue weighted by molar-refractivity contribution is 6.33. The van der Waals surface area contributed by atoms with E-state index < -0.39 is 0 Å². The lowest BCUT2D eigenvalue weighted by molar-refractivity contribution is -0.118. The molecule has 0 saturated carbocycles. The Kier molecular flexibility index (Phi) is 7.92. The number of nitrogens with one attached hydrogen (secondary N) is 1. The first-order chi connectivity index (χ1) is 15.0. The van der Waals surface area contributed by atoms with Crippen molar-refractivity contribution in [3.8, 4) is 11.4 Å². The summed E-state index contributed by atoms with van der Waals surface area (Å²) in [6.45, 7) is 11.5. The second-order valence-electron chi connectivity index (χ2n) is 7.74. The normalized spacial score (nSPS) is 14.4. The van der Waals surface area contributed by atoms with E-state index in [9.17, 15) is 4.79 Å². The van der Waals surface area contributed by atoms with E-state index in [-0.39, 0.29) is 18.3 Å². The Morgan fingerprint density at radius 1 is 1.12 bits per heavy atom. The van der Waals surface area contributed by atoms with Crippen molar-refractivity contribution in [2.45, 2.75) is 27.3 Å². The van der Waals surface area contributed by atoms with E-state index in [1.54, 1.807) is 0 Å². The molecule has 0 aliphatic carbocycles. The zero-order valence-electron chi connectivity index (χ0n) is 18.6. The Labute approximate surface area is 199 Å². The topological polar surface area (TPSA) is 79.2 Å². The van der Waals surface area contributed by atoms with Gasteiger partial charge in [-0.1, -0.05) is 30.7 Å². The molecule has 172 valence electrons. The molecule has 2 aromatic heterocycles. The average molecular weight is 478 g/mol. The first-order valence-corrected chi connectivity index (χ1v) is 11.1. The highest BCUT2D eigenvalue weighted by Gasteiger charge is 2.24. The highest BCUT2D eigenvalue weighted by atomic mass is 35.5. The van der Waals surface area contributed by atoms with Crippen molar-refractivity contribution in [3.05, 3.63) is 35.1 Å². The van der Waals surface area contributed by atoms with E-state index in [0.29, 0.717) is 23.9 Å². The van der Waals surface area contributed by atoms with Crippen LogP contribution in [-0.2, 0) is 11.3 Å². The first kappa shape index (κ1) is 24.2. The van der Waals surface area contributed by atoms with E-state index >= 15 is 0 Å². The Bertz CT molecular complexity index is 1090. The lowest BCUT2D eigenvalue weighted by Crippen LogP contribution is -2.46. The van der Waals surface area contributed by atoms with Gasteiger partial charge in [-0.05, 0) is 25.6 Å². The molecule has 1 N–H and O–H groups in total. The molecule has 1 fully saturated rings. The van der Waals surface area contributed by atoms with Gasteiger partial charge in [0.1, 0.15) is 11.6 Å². The number of amides is 1. The molecule has 0 atom stereocenters. The van der Waals surface area contributed by atoms with Gasteiger partial charge >= 0.3 is 0 Å². The number of hydrogen-bond acceptors (Lipinski definition) is 6. The van der Waals surface area contributed by atoms with Crippen LogP contribution >= 0.6 is 24.0 Å². The van der Waals surface area contributed by atoms with Gasteiger partial charge in [0.25, 0.3) is 0 Å². The van der Waals surface area contributed by atoms with Crippen LogP contribution in [0.5, 0.6) is 0 Å². The molecule has 0 unspecified atom stereocenters. The molecule has 32 heavy (non-hydrogen) atoms. The molecule has 0 radical (unpaired) electrons. The maximum atomic E-state index is 11.4. The number of halogens is 2. The van der Waals surface area contributed by atoms with Crippen molar-refractivity contribution in [2.75, 3.05) is 44.2 Å². The average Bonchev–Trinajstić information content (AvgIpc) is 3.11. The third-order valence-corrected chi connectivity index (χ3v) is 5.96. The van der Waals surface area contributed by atoms with Crippen LogP contribution in [0.25, 0.3) is 22.6 Å². The Morgan fingerprint density at radius 3 is 2.50 bits per heavy atom. The zero-order valence-corrected chi connectivity index (χ0v) is 20.2. The number of nitrogens with zero attached hydrogens (tertiary/aromatic N) is 6. The van der Waals surface area contributed by atoms with Gasteiger partial charge in [-0.3, -0.25) is 4.79 Å². The number of carbonyl (C=O) groups is 1. The van der Waals surface area contributed by atoms with Gasteiger partial charge in [0.05, 0.1) is 5.02 Å². The summed E-state index contributed by atoms with van der Waals surface area (Å²) < 4.78 is 2.03. The molecule has 1 aliphatic heterocycles. The smallest absolute Gasteiger partial charge is 0.216 e. The van der Waals surface area contributed by atoms with Gasteiger partial charge in [-0.25, -0.2) is 15.0 Å². The molecule has 1 saturated heterocycles. The summed E-state index contributed by atoms with van der Waals surface area (Å²) in [5.41, 5.74) is 2.37. The summed E-state index contributed by atoms with van der Waals surface area (Å²) in [7, 11) is 0.